The molecule has 0 atom stereocenters. The minimum Gasteiger partial charge on any atom is -0.504 e. The van der Waals surface area contributed by atoms with Gasteiger partial charge in [0.15, 0.2) is 17.1 Å². The lowest BCUT2D eigenvalue weighted by atomic mass is 10.2. The molecule has 0 amide bonds. The average Bonchev–Trinajstić information content (AvgIpc) is 2.35. The number of aromatic hydroxyl groups is 1. The van der Waals surface area contributed by atoms with Crippen LogP contribution in [0, 0.1) is 5.82 Å². The molecule has 0 spiro atoms. The Balaban J connectivity index is 2.94. The molecule has 0 bridgehead atoms. The molecule has 0 saturated heterocycles. The minimum absolute atomic E-state index is 0.0282. The number of fused-ring (bicyclic) bond motifs is 1. The van der Waals surface area contributed by atoms with Crippen LogP contribution in [0.2, 0.25) is 0 Å². The van der Waals surface area contributed by atoms with Crippen molar-refractivity contribution < 1.29 is 13.9 Å². The first-order valence-corrected chi connectivity index (χ1v) is 3.14. The van der Waals surface area contributed by atoms with Crippen molar-refractivity contribution in [1.29, 1.82) is 0 Å². The van der Waals surface area contributed by atoms with Crippen LogP contribution in [0.5, 0.6) is 5.75 Å². The van der Waals surface area contributed by atoms with E-state index in [0.717, 1.165) is 6.26 Å². The zero-order chi connectivity index (χ0) is 7.84. The third kappa shape index (κ3) is 0.774. The van der Waals surface area contributed by atoms with Crippen LogP contribution in [-0.2, 0) is 0 Å². The Labute approximate surface area is 61.9 Å². The largest absolute Gasteiger partial charge is 0.504 e. The Morgan fingerprint density at radius 3 is 2.91 bits per heavy atom. The third-order valence-corrected chi connectivity index (χ3v) is 1.53. The maximum absolute atomic E-state index is 12.8. The predicted octanol–water partition coefficient (Wildman–Crippen LogP) is 2.28. The fourth-order valence-corrected chi connectivity index (χ4v) is 1.01. The highest BCUT2D eigenvalue weighted by atomic mass is 19.1. The van der Waals surface area contributed by atoms with Crippen molar-refractivity contribution >= 4 is 11.0 Å². The monoisotopic (exact) mass is 152 g/mol. The molecular formula is C8H5FO2. The summed E-state index contributed by atoms with van der Waals surface area (Å²) in [6.07, 6.45) is 1.12. The second kappa shape index (κ2) is 1.99. The molecule has 1 aromatic carbocycles. The van der Waals surface area contributed by atoms with Gasteiger partial charge in [-0.05, 0) is 12.1 Å². The van der Waals surface area contributed by atoms with Gasteiger partial charge < -0.3 is 9.52 Å². The number of hydrogen-bond donors (Lipinski definition) is 1. The van der Waals surface area contributed by atoms with Gasteiger partial charge in [0.25, 0.3) is 0 Å². The number of rotatable bonds is 0. The summed E-state index contributed by atoms with van der Waals surface area (Å²) in [7, 11) is 0. The average molecular weight is 152 g/mol. The number of para-hydroxylation sites is 1. The number of halogens is 1. The third-order valence-electron chi connectivity index (χ3n) is 1.53. The quantitative estimate of drug-likeness (QED) is 0.628. The van der Waals surface area contributed by atoms with Gasteiger partial charge in [-0.2, -0.15) is 0 Å². The lowest BCUT2D eigenvalue weighted by Gasteiger charge is -1.88. The van der Waals surface area contributed by atoms with Crippen molar-refractivity contribution in [2.24, 2.45) is 0 Å². The van der Waals surface area contributed by atoms with Gasteiger partial charge >= 0.3 is 0 Å². The number of furan rings is 1. The smallest absolute Gasteiger partial charge is 0.173 e. The maximum atomic E-state index is 12.8. The van der Waals surface area contributed by atoms with E-state index in [-0.39, 0.29) is 11.3 Å². The van der Waals surface area contributed by atoms with Gasteiger partial charge in [0, 0.05) is 0 Å². The number of hydrogen-bond acceptors (Lipinski definition) is 2. The van der Waals surface area contributed by atoms with Crippen LogP contribution in [0.4, 0.5) is 4.39 Å². The maximum Gasteiger partial charge on any atom is 0.173 e. The van der Waals surface area contributed by atoms with E-state index in [0.29, 0.717) is 5.39 Å². The van der Waals surface area contributed by atoms with E-state index in [1.165, 1.54) is 12.1 Å². The predicted molar refractivity (Wildman–Crippen MR) is 37.8 cm³/mol. The van der Waals surface area contributed by atoms with Crippen LogP contribution >= 0.6 is 0 Å². The molecule has 1 aromatic heterocycles. The van der Waals surface area contributed by atoms with Gasteiger partial charge in [0.2, 0.25) is 0 Å². The Hall–Kier alpha value is -1.51. The van der Waals surface area contributed by atoms with Crippen molar-refractivity contribution in [3.63, 3.8) is 0 Å². The molecule has 56 valence electrons. The first-order valence-electron chi connectivity index (χ1n) is 3.14. The highest BCUT2D eigenvalue weighted by molar-refractivity contribution is 5.83. The number of benzene rings is 1. The van der Waals surface area contributed by atoms with E-state index in [2.05, 4.69) is 0 Å². The fourth-order valence-electron chi connectivity index (χ4n) is 1.01. The first-order chi connectivity index (χ1) is 5.29. The summed E-state index contributed by atoms with van der Waals surface area (Å²) in [6.45, 7) is 0. The van der Waals surface area contributed by atoms with E-state index in [1.807, 2.05) is 0 Å². The summed E-state index contributed by atoms with van der Waals surface area (Å²) in [6, 6.07) is 4.40. The lowest BCUT2D eigenvalue weighted by molar-refractivity contribution is 0.463. The summed E-state index contributed by atoms with van der Waals surface area (Å²) >= 11 is 0. The van der Waals surface area contributed by atoms with Crippen molar-refractivity contribution in [2.75, 3.05) is 0 Å². The molecule has 0 aliphatic rings. The SMILES string of the molecule is Oc1coc2c(F)cccc12. The Bertz CT molecular complexity index is 392. The minimum atomic E-state index is -0.456. The zero-order valence-electron chi connectivity index (χ0n) is 5.54. The fraction of sp³-hybridized carbons (Fsp3) is 0. The summed E-state index contributed by atoms with van der Waals surface area (Å²) in [5.74, 6) is -0.484. The Morgan fingerprint density at radius 1 is 1.36 bits per heavy atom. The highest BCUT2D eigenvalue weighted by Gasteiger charge is 2.06. The van der Waals surface area contributed by atoms with E-state index >= 15 is 0 Å². The van der Waals surface area contributed by atoms with Gasteiger partial charge in [-0.15, -0.1) is 0 Å². The molecule has 0 fully saturated rings. The summed E-state index contributed by atoms with van der Waals surface area (Å²) in [5, 5.41) is 9.48. The van der Waals surface area contributed by atoms with E-state index < -0.39 is 5.82 Å². The zero-order valence-corrected chi connectivity index (χ0v) is 5.54. The van der Waals surface area contributed by atoms with E-state index in [4.69, 9.17) is 9.52 Å². The summed E-state index contributed by atoms with van der Waals surface area (Å²) in [5.41, 5.74) is 0.102. The van der Waals surface area contributed by atoms with Gasteiger partial charge in [0.05, 0.1) is 5.39 Å². The van der Waals surface area contributed by atoms with E-state index in [9.17, 15) is 4.39 Å². The van der Waals surface area contributed by atoms with E-state index in [1.54, 1.807) is 6.07 Å². The van der Waals surface area contributed by atoms with Crippen molar-refractivity contribution in [2.45, 2.75) is 0 Å². The van der Waals surface area contributed by atoms with Gasteiger partial charge in [-0.25, -0.2) is 4.39 Å². The molecule has 2 nitrogen and oxygen atoms in total. The van der Waals surface area contributed by atoms with Crippen LogP contribution in [0.15, 0.2) is 28.9 Å². The molecule has 0 aliphatic heterocycles. The molecule has 1 N–H and O–H groups in total. The van der Waals surface area contributed by atoms with Gasteiger partial charge in [0.1, 0.15) is 6.26 Å². The van der Waals surface area contributed by atoms with Crippen LogP contribution in [0.3, 0.4) is 0 Å². The molecule has 0 unspecified atom stereocenters. The second-order valence-corrected chi connectivity index (χ2v) is 2.24. The molecule has 1 heterocycles. The molecule has 0 aliphatic carbocycles. The molecule has 3 heteroatoms. The molecular weight excluding hydrogens is 147 g/mol. The van der Waals surface area contributed by atoms with Crippen molar-refractivity contribution in [3.8, 4) is 5.75 Å². The Kier molecular flexibility index (Phi) is 1.12. The summed E-state index contributed by atoms with van der Waals surface area (Å²) < 4.78 is 17.5. The lowest BCUT2D eigenvalue weighted by Crippen LogP contribution is -1.71. The normalized spacial score (nSPS) is 10.6. The van der Waals surface area contributed by atoms with Crippen molar-refractivity contribution in [1.82, 2.24) is 0 Å². The van der Waals surface area contributed by atoms with Crippen LogP contribution in [-0.4, -0.2) is 5.11 Å². The van der Waals surface area contributed by atoms with Crippen LogP contribution in [0.25, 0.3) is 11.0 Å². The van der Waals surface area contributed by atoms with Gasteiger partial charge in [-0.1, -0.05) is 6.07 Å². The Morgan fingerprint density at radius 2 is 2.18 bits per heavy atom. The topological polar surface area (TPSA) is 33.4 Å². The van der Waals surface area contributed by atoms with Crippen LogP contribution in [0.1, 0.15) is 0 Å². The molecule has 0 saturated carbocycles. The van der Waals surface area contributed by atoms with Gasteiger partial charge in [-0.3, -0.25) is 0 Å². The van der Waals surface area contributed by atoms with Crippen molar-refractivity contribution in [3.05, 3.63) is 30.3 Å². The first kappa shape index (κ1) is 6.22. The molecule has 2 aromatic rings. The summed E-state index contributed by atoms with van der Waals surface area (Å²) in [4.78, 5) is 0. The molecule has 2 rings (SSSR count). The second-order valence-electron chi connectivity index (χ2n) is 2.24. The molecule has 0 radical (unpaired) electrons. The van der Waals surface area contributed by atoms with Crippen LogP contribution < -0.4 is 0 Å². The standard InChI is InChI=1S/C8H5FO2/c9-6-3-1-2-5-7(10)4-11-8(5)6/h1-4,10H. The highest BCUT2D eigenvalue weighted by Crippen LogP contribution is 2.27. The molecule has 11 heavy (non-hydrogen) atoms.